The van der Waals surface area contributed by atoms with Gasteiger partial charge in [0.15, 0.2) is 0 Å². The number of halogens is 3. The van der Waals surface area contributed by atoms with Crippen LogP contribution in [0.3, 0.4) is 0 Å². The van der Waals surface area contributed by atoms with Gasteiger partial charge in [-0.15, -0.1) is 0 Å². The molecule has 0 unspecified atom stereocenters. The number of benzene rings is 1. The maximum Gasteiger partial charge on any atom is 0.0423 e. The maximum absolute atomic E-state index is 5.91. The predicted octanol–water partition coefficient (Wildman–Crippen LogP) is 4.67. The molecule has 13 heavy (non-hydrogen) atoms. The van der Waals surface area contributed by atoms with Gasteiger partial charge < -0.3 is 0 Å². The monoisotopic (exact) mass is 280 g/mol. The second kappa shape index (κ2) is 4.20. The molecule has 72 valence electrons. The number of hydrogen-bond donors (Lipinski definition) is 0. The van der Waals surface area contributed by atoms with Gasteiger partial charge in [0.1, 0.15) is 0 Å². The van der Waals surface area contributed by atoms with Gasteiger partial charge >= 0.3 is 0 Å². The molecule has 3 heteroatoms. The van der Waals surface area contributed by atoms with E-state index in [1.165, 1.54) is 0 Å². The highest BCUT2D eigenvalue weighted by molar-refractivity contribution is 9.09. The molecule has 0 N–H and O–H groups in total. The molecule has 1 rings (SSSR count). The standard InChI is InChI=1S/C10H11BrCl2/c1-10(2,6-11)7-3-8(12)5-9(13)4-7/h3-5H,6H2,1-2H3. The van der Waals surface area contributed by atoms with Gasteiger partial charge in [-0.25, -0.2) is 0 Å². The van der Waals surface area contributed by atoms with E-state index in [2.05, 4.69) is 29.8 Å². The van der Waals surface area contributed by atoms with Crippen LogP contribution in [0.4, 0.5) is 0 Å². The fourth-order valence-corrected chi connectivity index (χ4v) is 1.87. The molecule has 0 radical (unpaired) electrons. The zero-order valence-corrected chi connectivity index (χ0v) is 10.7. The zero-order valence-electron chi connectivity index (χ0n) is 7.57. The second-order valence-corrected chi connectivity index (χ2v) is 5.11. The second-order valence-electron chi connectivity index (χ2n) is 3.68. The van der Waals surface area contributed by atoms with Crippen LogP contribution in [-0.4, -0.2) is 5.33 Å². The summed E-state index contributed by atoms with van der Waals surface area (Å²) in [5.41, 5.74) is 1.22. The smallest absolute Gasteiger partial charge is 0.0423 e. The van der Waals surface area contributed by atoms with Gasteiger partial charge in [0.2, 0.25) is 0 Å². The highest BCUT2D eigenvalue weighted by atomic mass is 79.9. The largest absolute Gasteiger partial charge is 0.0919 e. The Morgan fingerprint density at radius 1 is 1.15 bits per heavy atom. The molecule has 0 aliphatic rings. The van der Waals surface area contributed by atoms with Gasteiger partial charge in [-0.1, -0.05) is 53.0 Å². The van der Waals surface area contributed by atoms with E-state index in [1.54, 1.807) is 6.07 Å². The van der Waals surface area contributed by atoms with Crippen LogP contribution in [0.1, 0.15) is 19.4 Å². The lowest BCUT2D eigenvalue weighted by Crippen LogP contribution is -2.18. The molecule has 0 nitrogen and oxygen atoms in total. The number of rotatable bonds is 2. The Labute approximate surface area is 97.4 Å². The van der Waals surface area contributed by atoms with Crippen LogP contribution in [-0.2, 0) is 5.41 Å². The van der Waals surface area contributed by atoms with E-state index in [1.807, 2.05) is 12.1 Å². The van der Waals surface area contributed by atoms with Crippen molar-refractivity contribution >= 4 is 39.1 Å². The SMILES string of the molecule is CC(C)(CBr)c1cc(Cl)cc(Cl)c1. The lowest BCUT2D eigenvalue weighted by Gasteiger charge is -2.22. The third-order valence-electron chi connectivity index (χ3n) is 1.98. The van der Waals surface area contributed by atoms with Crippen LogP contribution in [0.5, 0.6) is 0 Å². The fraction of sp³-hybridized carbons (Fsp3) is 0.400. The lowest BCUT2D eigenvalue weighted by atomic mass is 9.87. The summed E-state index contributed by atoms with van der Waals surface area (Å²) in [5, 5.41) is 2.27. The minimum absolute atomic E-state index is 0.0640. The van der Waals surface area contributed by atoms with E-state index in [0.29, 0.717) is 10.0 Å². The van der Waals surface area contributed by atoms with E-state index in [4.69, 9.17) is 23.2 Å². The zero-order chi connectivity index (χ0) is 10.1. The Hall–Kier alpha value is 0.280. The number of hydrogen-bond acceptors (Lipinski definition) is 0. The van der Waals surface area contributed by atoms with Crippen LogP contribution in [0, 0.1) is 0 Å². The van der Waals surface area contributed by atoms with Gasteiger partial charge in [0.05, 0.1) is 0 Å². The third kappa shape index (κ3) is 2.87. The molecule has 0 spiro atoms. The minimum atomic E-state index is 0.0640. The van der Waals surface area contributed by atoms with Crippen LogP contribution < -0.4 is 0 Å². The van der Waals surface area contributed by atoms with Crippen molar-refractivity contribution in [1.29, 1.82) is 0 Å². The van der Waals surface area contributed by atoms with Crippen molar-refractivity contribution in [3.8, 4) is 0 Å². The maximum atomic E-state index is 5.91. The first-order valence-electron chi connectivity index (χ1n) is 3.98. The molecule has 0 heterocycles. The summed E-state index contributed by atoms with van der Waals surface area (Å²) in [4.78, 5) is 0. The molecule has 0 saturated heterocycles. The van der Waals surface area contributed by atoms with E-state index in [0.717, 1.165) is 10.9 Å². The van der Waals surface area contributed by atoms with Gasteiger partial charge in [-0.05, 0) is 29.2 Å². The number of alkyl halides is 1. The average Bonchev–Trinajstić information content (AvgIpc) is 2.02. The van der Waals surface area contributed by atoms with Crippen molar-refractivity contribution in [1.82, 2.24) is 0 Å². The van der Waals surface area contributed by atoms with Crippen LogP contribution >= 0.6 is 39.1 Å². The summed E-state index contributed by atoms with van der Waals surface area (Å²) in [6.07, 6.45) is 0. The Bertz CT molecular complexity index is 288. The first-order chi connectivity index (χ1) is 5.95. The molecular formula is C10H11BrCl2. The van der Waals surface area contributed by atoms with Gasteiger partial charge in [0, 0.05) is 15.4 Å². The lowest BCUT2D eigenvalue weighted by molar-refractivity contribution is 0.607. The normalized spacial score (nSPS) is 11.8. The van der Waals surface area contributed by atoms with Crippen LogP contribution in [0.2, 0.25) is 10.0 Å². The van der Waals surface area contributed by atoms with Crippen molar-refractivity contribution in [3.05, 3.63) is 33.8 Å². The molecule has 0 atom stereocenters. The van der Waals surface area contributed by atoms with Crippen LogP contribution in [0.25, 0.3) is 0 Å². The molecule has 0 aliphatic heterocycles. The Morgan fingerprint density at radius 2 is 1.62 bits per heavy atom. The summed E-state index contributed by atoms with van der Waals surface area (Å²) in [5.74, 6) is 0. The predicted molar refractivity (Wildman–Crippen MR) is 63.3 cm³/mol. The van der Waals surface area contributed by atoms with Crippen molar-refractivity contribution in [2.75, 3.05) is 5.33 Å². The minimum Gasteiger partial charge on any atom is -0.0919 e. The highest BCUT2D eigenvalue weighted by Crippen LogP contribution is 2.30. The van der Waals surface area contributed by atoms with E-state index in [9.17, 15) is 0 Å². The Morgan fingerprint density at radius 3 is 2.00 bits per heavy atom. The van der Waals surface area contributed by atoms with Gasteiger partial charge in [-0.2, -0.15) is 0 Å². The Kier molecular flexibility index (Phi) is 3.67. The van der Waals surface area contributed by atoms with E-state index in [-0.39, 0.29) is 5.41 Å². The first-order valence-corrected chi connectivity index (χ1v) is 5.86. The molecule has 1 aromatic rings. The first kappa shape index (κ1) is 11.4. The summed E-state index contributed by atoms with van der Waals surface area (Å²) < 4.78 is 0. The third-order valence-corrected chi connectivity index (χ3v) is 3.82. The molecule has 0 bridgehead atoms. The molecule has 0 saturated carbocycles. The van der Waals surface area contributed by atoms with Crippen molar-refractivity contribution in [2.45, 2.75) is 19.3 Å². The average molecular weight is 282 g/mol. The topological polar surface area (TPSA) is 0 Å². The van der Waals surface area contributed by atoms with Crippen LogP contribution in [0.15, 0.2) is 18.2 Å². The highest BCUT2D eigenvalue weighted by Gasteiger charge is 2.19. The van der Waals surface area contributed by atoms with Crippen molar-refractivity contribution in [2.24, 2.45) is 0 Å². The molecule has 0 aromatic heterocycles. The van der Waals surface area contributed by atoms with E-state index >= 15 is 0 Å². The summed E-state index contributed by atoms with van der Waals surface area (Å²) in [7, 11) is 0. The van der Waals surface area contributed by atoms with Crippen molar-refractivity contribution in [3.63, 3.8) is 0 Å². The molecular weight excluding hydrogens is 271 g/mol. The fourth-order valence-electron chi connectivity index (χ4n) is 1.02. The Balaban J connectivity index is 3.15. The summed E-state index contributed by atoms with van der Waals surface area (Å²) in [6.45, 7) is 4.29. The quantitative estimate of drug-likeness (QED) is 0.692. The molecule has 0 amide bonds. The molecule has 0 aliphatic carbocycles. The summed E-state index contributed by atoms with van der Waals surface area (Å²) >= 11 is 15.3. The molecule has 1 aromatic carbocycles. The van der Waals surface area contributed by atoms with Crippen molar-refractivity contribution < 1.29 is 0 Å². The van der Waals surface area contributed by atoms with Gasteiger partial charge in [-0.3, -0.25) is 0 Å². The van der Waals surface area contributed by atoms with E-state index < -0.39 is 0 Å². The summed E-state index contributed by atoms with van der Waals surface area (Å²) in [6, 6.07) is 5.65. The van der Waals surface area contributed by atoms with Gasteiger partial charge in [0.25, 0.3) is 0 Å². The molecule has 0 fully saturated rings.